The Hall–Kier alpha value is -2.76. The second kappa shape index (κ2) is 7.49. The van der Waals surface area contributed by atoms with Gasteiger partial charge in [0.1, 0.15) is 16.9 Å². The van der Waals surface area contributed by atoms with Crippen LogP contribution < -0.4 is 0 Å². The number of furan rings is 1. The molecule has 0 aromatic carbocycles. The summed E-state index contributed by atoms with van der Waals surface area (Å²) in [5.41, 5.74) is 0.716. The van der Waals surface area contributed by atoms with Gasteiger partial charge >= 0.3 is 11.9 Å². The van der Waals surface area contributed by atoms with Gasteiger partial charge in [-0.05, 0) is 38.1 Å². The Morgan fingerprint density at radius 1 is 1.04 bits per heavy atom. The first-order valence-electron chi connectivity index (χ1n) is 7.34. The van der Waals surface area contributed by atoms with E-state index in [4.69, 9.17) is 13.9 Å². The zero-order valence-electron chi connectivity index (χ0n) is 13.4. The highest BCUT2D eigenvalue weighted by atomic mass is 16.5. The fourth-order valence-corrected chi connectivity index (χ4v) is 2.21. The van der Waals surface area contributed by atoms with E-state index in [1.807, 2.05) is 0 Å². The lowest BCUT2D eigenvalue weighted by Gasteiger charge is -2.13. The molecule has 0 unspecified atom stereocenters. The zero-order valence-corrected chi connectivity index (χ0v) is 13.4. The summed E-state index contributed by atoms with van der Waals surface area (Å²) < 4.78 is 17.3. The Kier molecular flexibility index (Phi) is 5.41. The molecule has 0 spiro atoms. The molecule has 0 aliphatic heterocycles. The molecule has 2 aromatic rings. The fraction of sp³-hybridized carbons (Fsp3) is 0.294. The van der Waals surface area contributed by atoms with Gasteiger partial charge in [-0.2, -0.15) is 0 Å². The normalized spacial score (nSPS) is 11.8. The van der Waals surface area contributed by atoms with Crippen molar-refractivity contribution in [2.24, 2.45) is 7.05 Å². The molecule has 6 heteroatoms. The van der Waals surface area contributed by atoms with Crippen molar-refractivity contribution >= 4 is 23.1 Å². The summed E-state index contributed by atoms with van der Waals surface area (Å²) in [6.07, 6.45) is 3.21. The molecule has 6 nitrogen and oxygen atoms in total. The van der Waals surface area contributed by atoms with Crippen LogP contribution in [0.1, 0.15) is 25.3 Å². The number of rotatable bonds is 6. The SMILES string of the molecule is CCOC(=O)/C(=C(\C(=O)OCC)c1cccn1C)c1ccco1. The number of hydrogen-bond donors (Lipinski definition) is 0. The van der Waals surface area contributed by atoms with Crippen molar-refractivity contribution in [3.05, 3.63) is 48.2 Å². The summed E-state index contributed by atoms with van der Waals surface area (Å²) in [5, 5.41) is 0. The van der Waals surface area contributed by atoms with E-state index in [0.717, 1.165) is 0 Å². The maximum absolute atomic E-state index is 12.5. The maximum Gasteiger partial charge on any atom is 0.342 e. The van der Waals surface area contributed by atoms with Crippen LogP contribution >= 0.6 is 0 Å². The molecule has 0 fully saturated rings. The van der Waals surface area contributed by atoms with Crippen molar-refractivity contribution in [3.63, 3.8) is 0 Å². The number of ether oxygens (including phenoxy) is 2. The van der Waals surface area contributed by atoms with E-state index in [0.29, 0.717) is 5.69 Å². The molecule has 0 aliphatic carbocycles. The molecular weight excluding hydrogens is 298 g/mol. The van der Waals surface area contributed by atoms with Crippen LogP contribution in [0.15, 0.2) is 41.1 Å². The van der Waals surface area contributed by atoms with Gasteiger partial charge in [-0.25, -0.2) is 9.59 Å². The van der Waals surface area contributed by atoms with Crippen LogP contribution in [0.3, 0.4) is 0 Å². The van der Waals surface area contributed by atoms with Crippen LogP contribution in [0.5, 0.6) is 0 Å². The Morgan fingerprint density at radius 3 is 2.17 bits per heavy atom. The number of hydrogen-bond acceptors (Lipinski definition) is 5. The molecule has 0 atom stereocenters. The number of carbonyl (C=O) groups is 2. The van der Waals surface area contributed by atoms with E-state index < -0.39 is 11.9 Å². The first-order chi connectivity index (χ1) is 11.1. The number of esters is 2. The van der Waals surface area contributed by atoms with E-state index in [9.17, 15) is 9.59 Å². The molecule has 0 N–H and O–H groups in total. The molecule has 2 heterocycles. The molecule has 0 aliphatic rings. The Labute approximate surface area is 134 Å². The van der Waals surface area contributed by atoms with Crippen LogP contribution in [-0.4, -0.2) is 29.7 Å². The molecule has 0 radical (unpaired) electrons. The fourth-order valence-electron chi connectivity index (χ4n) is 2.21. The Morgan fingerprint density at radius 2 is 1.70 bits per heavy atom. The summed E-state index contributed by atoms with van der Waals surface area (Å²) in [5.74, 6) is -0.979. The minimum absolute atomic E-state index is 0.0529. The highest BCUT2D eigenvalue weighted by Crippen LogP contribution is 2.29. The van der Waals surface area contributed by atoms with Crippen molar-refractivity contribution in [1.82, 2.24) is 4.57 Å². The quantitative estimate of drug-likeness (QED) is 0.605. The van der Waals surface area contributed by atoms with Gasteiger partial charge in [0.25, 0.3) is 0 Å². The summed E-state index contributed by atoms with van der Waals surface area (Å²) in [4.78, 5) is 24.9. The third kappa shape index (κ3) is 3.53. The molecule has 23 heavy (non-hydrogen) atoms. The first-order valence-corrected chi connectivity index (χ1v) is 7.34. The van der Waals surface area contributed by atoms with Crippen molar-refractivity contribution in [2.75, 3.05) is 13.2 Å². The summed E-state index contributed by atoms with van der Waals surface area (Å²) in [6.45, 7) is 3.79. The van der Waals surface area contributed by atoms with E-state index in [-0.39, 0.29) is 30.1 Å². The Bertz CT molecular complexity index is 709. The third-order valence-electron chi connectivity index (χ3n) is 3.18. The highest BCUT2D eigenvalue weighted by Gasteiger charge is 2.29. The van der Waals surface area contributed by atoms with Gasteiger partial charge in [0.15, 0.2) is 0 Å². The van der Waals surface area contributed by atoms with Gasteiger partial charge < -0.3 is 18.5 Å². The van der Waals surface area contributed by atoms with Gasteiger partial charge in [0.05, 0.1) is 25.2 Å². The Balaban J connectivity index is 2.71. The second-order valence-corrected chi connectivity index (χ2v) is 4.67. The van der Waals surface area contributed by atoms with Crippen LogP contribution in [-0.2, 0) is 26.1 Å². The van der Waals surface area contributed by atoms with Crippen LogP contribution in [0.2, 0.25) is 0 Å². The van der Waals surface area contributed by atoms with Crippen LogP contribution in [0, 0.1) is 0 Å². The standard InChI is InChI=1S/C17H19NO5/c1-4-21-16(19)14(12-8-6-10-18(12)3)15(17(20)22-5-2)13-9-7-11-23-13/h6-11H,4-5H2,1-3H3/b15-14-. The lowest BCUT2D eigenvalue weighted by atomic mass is 10.0. The van der Waals surface area contributed by atoms with Crippen molar-refractivity contribution in [1.29, 1.82) is 0 Å². The number of nitrogens with zero attached hydrogens (tertiary/aromatic N) is 1. The van der Waals surface area contributed by atoms with Gasteiger partial charge in [0, 0.05) is 13.2 Å². The lowest BCUT2D eigenvalue weighted by Crippen LogP contribution is -2.16. The average molecular weight is 317 g/mol. The largest absolute Gasteiger partial charge is 0.464 e. The van der Waals surface area contributed by atoms with Gasteiger partial charge in [-0.1, -0.05) is 0 Å². The first kappa shape index (κ1) is 16.6. The topological polar surface area (TPSA) is 70.7 Å². The van der Waals surface area contributed by atoms with E-state index >= 15 is 0 Å². The van der Waals surface area contributed by atoms with Gasteiger partial charge in [0.2, 0.25) is 0 Å². The van der Waals surface area contributed by atoms with Crippen molar-refractivity contribution < 1.29 is 23.5 Å². The van der Waals surface area contributed by atoms with E-state index in [2.05, 4.69) is 0 Å². The van der Waals surface area contributed by atoms with E-state index in [1.165, 1.54) is 6.26 Å². The number of aryl methyl sites for hydroxylation is 1. The molecule has 2 rings (SSSR count). The zero-order chi connectivity index (χ0) is 16.8. The highest BCUT2D eigenvalue weighted by molar-refractivity contribution is 6.36. The minimum Gasteiger partial charge on any atom is -0.464 e. The lowest BCUT2D eigenvalue weighted by molar-refractivity contribution is -0.138. The third-order valence-corrected chi connectivity index (χ3v) is 3.18. The van der Waals surface area contributed by atoms with Crippen molar-refractivity contribution in [3.8, 4) is 0 Å². The monoisotopic (exact) mass is 317 g/mol. The summed E-state index contributed by atoms with van der Waals surface area (Å²) in [7, 11) is 1.78. The van der Waals surface area contributed by atoms with Gasteiger partial charge in [-0.3, -0.25) is 0 Å². The molecule has 0 bridgehead atoms. The summed E-state index contributed by atoms with van der Waals surface area (Å²) in [6, 6.07) is 6.75. The minimum atomic E-state index is -0.633. The van der Waals surface area contributed by atoms with E-state index in [1.54, 1.807) is 55.9 Å². The predicted octanol–water partition coefficient (Wildman–Crippen LogP) is 2.66. The molecule has 0 amide bonds. The molecule has 122 valence electrons. The smallest absolute Gasteiger partial charge is 0.342 e. The van der Waals surface area contributed by atoms with Crippen LogP contribution in [0.4, 0.5) is 0 Å². The van der Waals surface area contributed by atoms with Crippen LogP contribution in [0.25, 0.3) is 11.1 Å². The van der Waals surface area contributed by atoms with Gasteiger partial charge in [-0.15, -0.1) is 0 Å². The second-order valence-electron chi connectivity index (χ2n) is 4.67. The predicted molar refractivity (Wildman–Crippen MR) is 84.2 cm³/mol. The number of carbonyl (C=O) groups excluding carboxylic acids is 2. The number of aromatic nitrogens is 1. The average Bonchev–Trinajstić information content (AvgIpc) is 3.16. The maximum atomic E-state index is 12.5. The molecule has 0 saturated carbocycles. The molecular formula is C17H19NO5. The molecule has 0 saturated heterocycles. The van der Waals surface area contributed by atoms with Crippen molar-refractivity contribution in [2.45, 2.75) is 13.8 Å². The molecule has 2 aromatic heterocycles. The summed E-state index contributed by atoms with van der Waals surface area (Å²) >= 11 is 0.